The van der Waals surface area contributed by atoms with E-state index in [4.69, 9.17) is 5.26 Å². The topological polar surface area (TPSA) is 44.1 Å². The van der Waals surface area contributed by atoms with Crippen molar-refractivity contribution in [3.63, 3.8) is 0 Å². The fourth-order valence-corrected chi connectivity index (χ4v) is 2.15. The second-order valence-electron chi connectivity index (χ2n) is 4.72. The summed E-state index contributed by atoms with van der Waals surface area (Å²) in [6.45, 7) is 3.94. The van der Waals surface area contributed by atoms with E-state index in [0.717, 1.165) is 25.1 Å². The lowest BCUT2D eigenvalue weighted by Crippen LogP contribution is -2.29. The van der Waals surface area contributed by atoms with Gasteiger partial charge < -0.3 is 4.90 Å². The molecule has 1 unspecified atom stereocenters. The van der Waals surface area contributed by atoms with E-state index in [1.54, 1.807) is 12.1 Å². The smallest absolute Gasteiger partial charge is 0.226 e. The minimum Gasteiger partial charge on any atom is -0.342 e. The fourth-order valence-electron chi connectivity index (χ4n) is 2.15. The monoisotopic (exact) mass is 228 g/mol. The number of rotatable bonds is 2. The van der Waals surface area contributed by atoms with Gasteiger partial charge in [0.25, 0.3) is 0 Å². The SMILES string of the molecule is CC1CCN(C(=O)Cc2ccc(C#N)cc2)C1. The van der Waals surface area contributed by atoms with E-state index in [2.05, 4.69) is 13.0 Å². The van der Waals surface area contributed by atoms with Gasteiger partial charge in [-0.05, 0) is 30.0 Å². The zero-order valence-electron chi connectivity index (χ0n) is 10.0. The van der Waals surface area contributed by atoms with Crippen molar-refractivity contribution < 1.29 is 4.79 Å². The van der Waals surface area contributed by atoms with Crippen molar-refractivity contribution in [1.29, 1.82) is 5.26 Å². The molecule has 17 heavy (non-hydrogen) atoms. The van der Waals surface area contributed by atoms with Crippen molar-refractivity contribution in [3.8, 4) is 6.07 Å². The number of nitrogens with zero attached hydrogens (tertiary/aromatic N) is 2. The van der Waals surface area contributed by atoms with Crippen molar-refractivity contribution >= 4 is 5.91 Å². The third-order valence-corrected chi connectivity index (χ3v) is 3.21. The number of hydrogen-bond donors (Lipinski definition) is 0. The molecule has 88 valence electrons. The van der Waals surface area contributed by atoms with Crippen molar-refractivity contribution in [2.24, 2.45) is 5.92 Å². The highest BCUT2D eigenvalue weighted by Gasteiger charge is 2.22. The van der Waals surface area contributed by atoms with Gasteiger partial charge in [-0.15, -0.1) is 0 Å². The molecule has 0 radical (unpaired) electrons. The maximum absolute atomic E-state index is 12.0. The molecule has 0 spiro atoms. The second-order valence-corrected chi connectivity index (χ2v) is 4.72. The molecule has 1 aliphatic heterocycles. The average Bonchev–Trinajstić information content (AvgIpc) is 2.77. The molecule has 1 amide bonds. The summed E-state index contributed by atoms with van der Waals surface area (Å²) in [5.41, 5.74) is 1.62. The average molecular weight is 228 g/mol. The van der Waals surface area contributed by atoms with Crippen molar-refractivity contribution in [2.75, 3.05) is 13.1 Å². The quantitative estimate of drug-likeness (QED) is 0.776. The van der Waals surface area contributed by atoms with Crippen LogP contribution in [0.25, 0.3) is 0 Å². The van der Waals surface area contributed by atoms with E-state index in [1.807, 2.05) is 17.0 Å². The first-order chi connectivity index (χ1) is 8.19. The van der Waals surface area contributed by atoms with Gasteiger partial charge in [0.2, 0.25) is 5.91 Å². The van der Waals surface area contributed by atoms with Gasteiger partial charge >= 0.3 is 0 Å². The van der Waals surface area contributed by atoms with Crippen LogP contribution in [-0.4, -0.2) is 23.9 Å². The molecule has 0 N–H and O–H groups in total. The van der Waals surface area contributed by atoms with Gasteiger partial charge in [-0.1, -0.05) is 19.1 Å². The van der Waals surface area contributed by atoms with Crippen molar-refractivity contribution in [2.45, 2.75) is 19.8 Å². The Labute approximate surface area is 102 Å². The molecule has 1 saturated heterocycles. The molecule has 3 nitrogen and oxygen atoms in total. The highest BCUT2D eigenvalue weighted by Crippen LogP contribution is 2.16. The minimum atomic E-state index is 0.194. The van der Waals surface area contributed by atoms with Crippen LogP contribution in [0.15, 0.2) is 24.3 Å². The molecule has 2 rings (SSSR count). The van der Waals surface area contributed by atoms with E-state index in [-0.39, 0.29) is 5.91 Å². The molecule has 3 heteroatoms. The summed E-state index contributed by atoms with van der Waals surface area (Å²) in [6, 6.07) is 9.31. The summed E-state index contributed by atoms with van der Waals surface area (Å²) >= 11 is 0. The van der Waals surface area contributed by atoms with E-state index in [1.165, 1.54) is 0 Å². The fraction of sp³-hybridized carbons (Fsp3) is 0.429. The molecule has 1 aromatic rings. The molecular formula is C14H16N2O. The summed E-state index contributed by atoms with van der Waals surface area (Å²) in [7, 11) is 0. The van der Waals surface area contributed by atoms with Crippen LogP contribution in [0.5, 0.6) is 0 Å². The molecule has 1 heterocycles. The summed E-state index contributed by atoms with van der Waals surface area (Å²) < 4.78 is 0. The summed E-state index contributed by atoms with van der Waals surface area (Å²) in [5.74, 6) is 0.818. The number of nitriles is 1. The predicted molar refractivity (Wildman–Crippen MR) is 65.2 cm³/mol. The zero-order chi connectivity index (χ0) is 12.3. The Hall–Kier alpha value is -1.82. The maximum Gasteiger partial charge on any atom is 0.226 e. The standard InChI is InChI=1S/C14H16N2O/c1-11-6-7-16(10-11)14(17)8-12-2-4-13(9-15)5-3-12/h2-5,11H,6-8,10H2,1H3. The number of carbonyl (C=O) groups is 1. The van der Waals surface area contributed by atoms with E-state index >= 15 is 0 Å². The molecule has 1 aromatic carbocycles. The van der Waals surface area contributed by atoms with E-state index in [0.29, 0.717) is 17.9 Å². The van der Waals surface area contributed by atoms with Crippen molar-refractivity contribution in [1.82, 2.24) is 4.90 Å². The van der Waals surface area contributed by atoms with Gasteiger partial charge in [0.05, 0.1) is 18.1 Å². The number of amides is 1. The third-order valence-electron chi connectivity index (χ3n) is 3.21. The Morgan fingerprint density at radius 3 is 2.71 bits per heavy atom. The minimum absolute atomic E-state index is 0.194. The van der Waals surface area contributed by atoms with Crippen LogP contribution in [0, 0.1) is 17.2 Å². The molecular weight excluding hydrogens is 212 g/mol. The summed E-state index contributed by atoms with van der Waals surface area (Å²) in [5, 5.41) is 8.69. The normalized spacial score (nSPS) is 19.1. The molecule has 1 atom stereocenters. The van der Waals surface area contributed by atoms with Gasteiger partial charge in [0.1, 0.15) is 0 Å². The van der Waals surface area contributed by atoms with Crippen LogP contribution in [-0.2, 0) is 11.2 Å². The Morgan fingerprint density at radius 2 is 2.18 bits per heavy atom. The number of benzene rings is 1. The Morgan fingerprint density at radius 1 is 1.47 bits per heavy atom. The second kappa shape index (κ2) is 5.01. The third kappa shape index (κ3) is 2.85. The molecule has 0 aromatic heterocycles. The number of carbonyl (C=O) groups excluding carboxylic acids is 1. The van der Waals surface area contributed by atoms with Crippen LogP contribution < -0.4 is 0 Å². The van der Waals surface area contributed by atoms with Crippen LogP contribution in [0.1, 0.15) is 24.5 Å². The molecule has 1 fully saturated rings. The van der Waals surface area contributed by atoms with Gasteiger partial charge in [-0.3, -0.25) is 4.79 Å². The van der Waals surface area contributed by atoms with E-state index in [9.17, 15) is 4.79 Å². The number of hydrogen-bond acceptors (Lipinski definition) is 2. The lowest BCUT2D eigenvalue weighted by Gasteiger charge is -2.15. The first-order valence-electron chi connectivity index (χ1n) is 5.96. The van der Waals surface area contributed by atoms with Crippen LogP contribution in [0.3, 0.4) is 0 Å². The highest BCUT2D eigenvalue weighted by molar-refractivity contribution is 5.79. The van der Waals surface area contributed by atoms with Crippen molar-refractivity contribution in [3.05, 3.63) is 35.4 Å². The van der Waals surface area contributed by atoms with Gasteiger partial charge in [-0.25, -0.2) is 0 Å². The van der Waals surface area contributed by atoms with Gasteiger partial charge in [0, 0.05) is 13.1 Å². The first-order valence-corrected chi connectivity index (χ1v) is 5.96. The number of likely N-dealkylation sites (tertiary alicyclic amines) is 1. The first kappa shape index (κ1) is 11.7. The Balaban J connectivity index is 1.96. The summed E-state index contributed by atoms with van der Waals surface area (Å²) in [4.78, 5) is 13.9. The van der Waals surface area contributed by atoms with Gasteiger partial charge in [-0.2, -0.15) is 5.26 Å². The lowest BCUT2D eigenvalue weighted by molar-refractivity contribution is -0.129. The van der Waals surface area contributed by atoms with Crippen LogP contribution in [0.2, 0.25) is 0 Å². The molecule has 0 saturated carbocycles. The molecule has 1 aliphatic rings. The highest BCUT2D eigenvalue weighted by atomic mass is 16.2. The van der Waals surface area contributed by atoms with Crippen LogP contribution >= 0.6 is 0 Å². The largest absolute Gasteiger partial charge is 0.342 e. The zero-order valence-corrected chi connectivity index (χ0v) is 10.0. The maximum atomic E-state index is 12.0. The summed E-state index contributed by atoms with van der Waals surface area (Å²) in [6.07, 6.45) is 1.55. The predicted octanol–water partition coefficient (Wildman–Crippen LogP) is 1.97. The van der Waals surface area contributed by atoms with E-state index < -0.39 is 0 Å². The molecule has 0 bridgehead atoms. The Kier molecular flexibility index (Phi) is 3.43. The van der Waals surface area contributed by atoms with Crippen LogP contribution in [0.4, 0.5) is 0 Å². The lowest BCUT2D eigenvalue weighted by atomic mass is 10.1. The Bertz CT molecular complexity index is 444. The molecule has 0 aliphatic carbocycles. The van der Waals surface area contributed by atoms with Gasteiger partial charge in [0.15, 0.2) is 0 Å².